The number of hydrogen-bond acceptors (Lipinski definition) is 3. The molecule has 2 N–H and O–H groups in total. The molecule has 1 aliphatic heterocycles. The molecule has 0 bridgehead atoms. The molecule has 1 fully saturated rings. The first kappa shape index (κ1) is 24.8. The lowest BCUT2D eigenvalue weighted by atomic mass is 10.0. The zero-order valence-corrected chi connectivity index (χ0v) is 19.9. The average molecular weight is 503 g/mol. The first-order valence-electron chi connectivity index (χ1n) is 9.63. The van der Waals surface area contributed by atoms with Crippen molar-refractivity contribution in [2.24, 2.45) is 4.99 Å². The summed E-state index contributed by atoms with van der Waals surface area (Å²) in [6, 6.07) is 5.72. The number of aliphatic imine (C=N–C) groups is 1. The lowest BCUT2D eigenvalue weighted by Gasteiger charge is -2.33. The van der Waals surface area contributed by atoms with E-state index in [1.54, 1.807) is 13.1 Å². The predicted molar refractivity (Wildman–Crippen MR) is 127 cm³/mol. The SMILES string of the molecule is C=C(C)CN1CCC(NC(=NC)NCc2ccc(F)c(CN(C)C)c2)CC1.I. The van der Waals surface area contributed by atoms with Crippen molar-refractivity contribution >= 4 is 29.9 Å². The van der Waals surface area contributed by atoms with E-state index in [0.717, 1.165) is 44.0 Å². The Kier molecular flexibility index (Phi) is 11.0. The monoisotopic (exact) mass is 503 g/mol. The number of hydrogen-bond donors (Lipinski definition) is 2. The van der Waals surface area contributed by atoms with Gasteiger partial charge in [-0.25, -0.2) is 4.39 Å². The van der Waals surface area contributed by atoms with E-state index in [4.69, 9.17) is 0 Å². The van der Waals surface area contributed by atoms with Crippen LogP contribution in [0.15, 0.2) is 35.3 Å². The summed E-state index contributed by atoms with van der Waals surface area (Å²) in [7, 11) is 5.67. The number of benzene rings is 1. The van der Waals surface area contributed by atoms with Crippen LogP contribution in [-0.4, -0.2) is 62.6 Å². The molecule has 0 atom stereocenters. The average Bonchev–Trinajstić information content (AvgIpc) is 2.61. The maximum absolute atomic E-state index is 13.9. The largest absolute Gasteiger partial charge is 0.354 e. The van der Waals surface area contributed by atoms with Crippen LogP contribution in [0.2, 0.25) is 0 Å². The van der Waals surface area contributed by atoms with Gasteiger partial charge in [-0.3, -0.25) is 9.89 Å². The fourth-order valence-corrected chi connectivity index (χ4v) is 3.39. The topological polar surface area (TPSA) is 42.9 Å². The molecule has 1 saturated heterocycles. The van der Waals surface area contributed by atoms with Crippen LogP contribution >= 0.6 is 24.0 Å². The minimum atomic E-state index is -0.156. The van der Waals surface area contributed by atoms with Crippen molar-refractivity contribution in [3.05, 3.63) is 47.3 Å². The first-order chi connectivity index (χ1) is 12.9. The Labute approximate surface area is 186 Å². The van der Waals surface area contributed by atoms with Gasteiger partial charge in [0.2, 0.25) is 0 Å². The molecule has 0 amide bonds. The summed E-state index contributed by atoms with van der Waals surface area (Å²) < 4.78 is 13.9. The highest BCUT2D eigenvalue weighted by Gasteiger charge is 2.19. The Morgan fingerprint density at radius 1 is 1.32 bits per heavy atom. The van der Waals surface area contributed by atoms with E-state index in [0.29, 0.717) is 24.7 Å². The second kappa shape index (κ2) is 12.4. The summed E-state index contributed by atoms with van der Waals surface area (Å²) >= 11 is 0. The quantitative estimate of drug-likeness (QED) is 0.260. The van der Waals surface area contributed by atoms with Gasteiger partial charge in [-0.1, -0.05) is 18.2 Å². The van der Waals surface area contributed by atoms with Crippen LogP contribution in [0, 0.1) is 5.82 Å². The van der Waals surface area contributed by atoms with Gasteiger partial charge in [0.15, 0.2) is 5.96 Å². The molecule has 1 aliphatic rings. The third-order valence-corrected chi connectivity index (χ3v) is 4.70. The van der Waals surface area contributed by atoms with Crippen molar-refractivity contribution in [2.45, 2.75) is 38.9 Å². The number of rotatable bonds is 7. The molecule has 0 aromatic heterocycles. The van der Waals surface area contributed by atoms with Crippen LogP contribution < -0.4 is 10.6 Å². The standard InChI is InChI=1S/C21H34FN5.HI/c1-16(2)14-27-10-8-19(9-11-27)25-21(23-3)24-13-17-6-7-20(22)18(12-17)15-26(4)5;/h6-7,12,19H,1,8-11,13-15H2,2-5H3,(H2,23,24,25);1H. The van der Waals surface area contributed by atoms with Gasteiger partial charge in [0.1, 0.15) is 5.82 Å². The predicted octanol–water partition coefficient (Wildman–Crippen LogP) is 3.21. The van der Waals surface area contributed by atoms with Crippen molar-refractivity contribution in [3.8, 4) is 0 Å². The summed E-state index contributed by atoms with van der Waals surface area (Å²) in [5.41, 5.74) is 2.98. The first-order valence-corrected chi connectivity index (χ1v) is 9.63. The Morgan fingerprint density at radius 2 is 2.00 bits per heavy atom. The Bertz CT molecular complexity index is 654. The minimum Gasteiger partial charge on any atom is -0.354 e. The Balaban J connectivity index is 0.00000392. The molecular weight excluding hydrogens is 468 g/mol. The van der Waals surface area contributed by atoms with Crippen LogP contribution in [0.3, 0.4) is 0 Å². The number of nitrogens with one attached hydrogen (secondary N) is 2. The molecule has 0 unspecified atom stereocenters. The lowest BCUT2D eigenvalue weighted by molar-refractivity contribution is 0.221. The Morgan fingerprint density at radius 3 is 2.57 bits per heavy atom. The molecule has 1 aromatic rings. The van der Waals surface area contributed by atoms with Crippen LogP contribution in [0.1, 0.15) is 30.9 Å². The van der Waals surface area contributed by atoms with Crippen molar-refractivity contribution < 1.29 is 4.39 Å². The fraction of sp³-hybridized carbons (Fsp3) is 0.571. The highest BCUT2D eigenvalue weighted by molar-refractivity contribution is 14.0. The molecule has 0 spiro atoms. The van der Waals surface area contributed by atoms with Crippen molar-refractivity contribution in [1.29, 1.82) is 0 Å². The van der Waals surface area contributed by atoms with E-state index < -0.39 is 0 Å². The molecule has 7 heteroatoms. The molecule has 28 heavy (non-hydrogen) atoms. The van der Waals surface area contributed by atoms with E-state index in [9.17, 15) is 4.39 Å². The summed E-state index contributed by atoms with van der Waals surface area (Å²) in [5.74, 6) is 0.642. The summed E-state index contributed by atoms with van der Waals surface area (Å²) in [4.78, 5) is 8.75. The van der Waals surface area contributed by atoms with Gasteiger partial charge in [-0.2, -0.15) is 0 Å². The molecule has 158 valence electrons. The summed E-state index contributed by atoms with van der Waals surface area (Å²) in [5, 5.41) is 6.87. The van der Waals surface area contributed by atoms with Gasteiger partial charge in [0, 0.05) is 51.4 Å². The van der Waals surface area contributed by atoms with Crippen molar-refractivity contribution in [1.82, 2.24) is 20.4 Å². The number of halogens is 2. The van der Waals surface area contributed by atoms with E-state index in [1.165, 1.54) is 5.57 Å². The van der Waals surface area contributed by atoms with E-state index in [1.807, 2.05) is 31.1 Å². The molecule has 5 nitrogen and oxygen atoms in total. The highest BCUT2D eigenvalue weighted by atomic mass is 127. The van der Waals surface area contributed by atoms with Crippen LogP contribution in [0.5, 0.6) is 0 Å². The smallest absolute Gasteiger partial charge is 0.191 e. The number of piperidine rings is 1. The lowest BCUT2D eigenvalue weighted by Crippen LogP contribution is -2.48. The molecule has 2 rings (SSSR count). The third kappa shape index (κ3) is 8.45. The van der Waals surface area contributed by atoms with Crippen LogP contribution in [-0.2, 0) is 13.1 Å². The number of guanidine groups is 1. The van der Waals surface area contributed by atoms with Gasteiger partial charge in [-0.15, -0.1) is 24.0 Å². The van der Waals surface area contributed by atoms with Gasteiger partial charge in [0.25, 0.3) is 0 Å². The van der Waals surface area contributed by atoms with Crippen molar-refractivity contribution in [3.63, 3.8) is 0 Å². The van der Waals surface area contributed by atoms with Gasteiger partial charge in [0.05, 0.1) is 0 Å². The second-order valence-corrected chi connectivity index (χ2v) is 7.74. The normalized spacial score (nSPS) is 16.0. The minimum absolute atomic E-state index is 0. The number of likely N-dealkylation sites (tertiary alicyclic amines) is 1. The maximum Gasteiger partial charge on any atom is 0.191 e. The second-order valence-electron chi connectivity index (χ2n) is 7.74. The summed E-state index contributed by atoms with van der Waals surface area (Å²) in [6.07, 6.45) is 2.19. The van der Waals surface area contributed by atoms with E-state index in [2.05, 4.69) is 34.0 Å². The number of nitrogens with zero attached hydrogens (tertiary/aromatic N) is 3. The van der Waals surface area contributed by atoms with Gasteiger partial charge in [-0.05, 0) is 51.6 Å². The van der Waals surface area contributed by atoms with Gasteiger partial charge < -0.3 is 15.5 Å². The Hall–Kier alpha value is -1.19. The van der Waals surface area contributed by atoms with Crippen molar-refractivity contribution in [2.75, 3.05) is 40.8 Å². The molecule has 0 saturated carbocycles. The van der Waals surface area contributed by atoms with E-state index in [-0.39, 0.29) is 29.8 Å². The zero-order valence-electron chi connectivity index (χ0n) is 17.6. The summed E-state index contributed by atoms with van der Waals surface area (Å²) in [6.45, 7) is 10.4. The fourth-order valence-electron chi connectivity index (χ4n) is 3.39. The molecule has 0 aliphatic carbocycles. The maximum atomic E-state index is 13.9. The third-order valence-electron chi connectivity index (χ3n) is 4.70. The molecule has 1 aromatic carbocycles. The van der Waals surface area contributed by atoms with Crippen LogP contribution in [0.4, 0.5) is 4.39 Å². The molecule has 1 heterocycles. The molecule has 0 radical (unpaired) electrons. The van der Waals surface area contributed by atoms with Gasteiger partial charge >= 0.3 is 0 Å². The highest BCUT2D eigenvalue weighted by Crippen LogP contribution is 2.13. The van der Waals surface area contributed by atoms with Crippen LogP contribution in [0.25, 0.3) is 0 Å². The zero-order chi connectivity index (χ0) is 19.8. The molecular formula is C21H35FIN5. The van der Waals surface area contributed by atoms with E-state index >= 15 is 0 Å².